The van der Waals surface area contributed by atoms with Gasteiger partial charge in [-0.05, 0) is 70.6 Å². The summed E-state index contributed by atoms with van der Waals surface area (Å²) in [6.07, 6.45) is 65.4. The highest BCUT2D eigenvalue weighted by atomic mass is 16.6. The molecule has 0 fully saturated rings. The Bertz CT molecular complexity index is 1260. The fourth-order valence-electron chi connectivity index (χ4n) is 6.67. The monoisotopic (exact) mass is 861 g/mol. The molecule has 0 amide bonds. The lowest BCUT2D eigenvalue weighted by Gasteiger charge is -2.18. The van der Waals surface area contributed by atoms with E-state index in [1.807, 2.05) is 12.2 Å². The normalized spacial score (nSPS) is 12.9. The largest absolute Gasteiger partial charge is 0.462 e. The molecule has 6 nitrogen and oxygen atoms in total. The van der Waals surface area contributed by atoms with Crippen LogP contribution in [0.4, 0.5) is 0 Å². The molecule has 0 N–H and O–H groups in total. The number of hydrogen-bond donors (Lipinski definition) is 0. The van der Waals surface area contributed by atoms with Crippen LogP contribution >= 0.6 is 0 Å². The van der Waals surface area contributed by atoms with Crippen LogP contribution in [0.3, 0.4) is 0 Å². The first-order valence-electron chi connectivity index (χ1n) is 25.3. The molecule has 0 radical (unpaired) electrons. The van der Waals surface area contributed by atoms with E-state index in [1.54, 1.807) is 0 Å². The van der Waals surface area contributed by atoms with Gasteiger partial charge in [0, 0.05) is 19.3 Å². The summed E-state index contributed by atoms with van der Waals surface area (Å²) in [6.45, 7) is 6.31. The minimum Gasteiger partial charge on any atom is -0.462 e. The lowest BCUT2D eigenvalue weighted by atomic mass is 10.0. The van der Waals surface area contributed by atoms with Crippen LogP contribution in [0.5, 0.6) is 0 Å². The SMILES string of the molecule is CC\C=C/C=C\C=C/CCCCCCCCCC(=O)OC(COC(=O)CC/C=C\C/C=C\C/C=C\C/C=C\C/C=C\CC)COC(=O)CCCCCCCCCCCCCCC. The molecule has 1 unspecified atom stereocenters. The first-order chi connectivity index (χ1) is 30.5. The van der Waals surface area contributed by atoms with Gasteiger partial charge in [0.25, 0.3) is 0 Å². The van der Waals surface area contributed by atoms with Gasteiger partial charge in [0.15, 0.2) is 6.10 Å². The number of carbonyl (C=O) groups excluding carboxylic acids is 3. The second-order valence-corrected chi connectivity index (χ2v) is 16.4. The maximum Gasteiger partial charge on any atom is 0.306 e. The number of hydrogen-bond acceptors (Lipinski definition) is 6. The van der Waals surface area contributed by atoms with Crippen LogP contribution in [0.1, 0.15) is 220 Å². The molecule has 0 saturated heterocycles. The number of carbonyl (C=O) groups is 3. The van der Waals surface area contributed by atoms with Gasteiger partial charge in [-0.3, -0.25) is 14.4 Å². The number of rotatable bonds is 44. The Balaban J connectivity index is 4.52. The van der Waals surface area contributed by atoms with Crippen molar-refractivity contribution >= 4 is 17.9 Å². The molecule has 0 heterocycles. The Morgan fingerprint density at radius 1 is 0.355 bits per heavy atom. The Morgan fingerprint density at radius 3 is 1.23 bits per heavy atom. The predicted octanol–water partition coefficient (Wildman–Crippen LogP) is 16.6. The Kier molecular flexibility index (Phi) is 47.0. The van der Waals surface area contributed by atoms with Crippen LogP contribution < -0.4 is 0 Å². The summed E-state index contributed by atoms with van der Waals surface area (Å²) in [6, 6.07) is 0. The zero-order valence-electron chi connectivity index (χ0n) is 40.1. The number of allylic oxidation sites excluding steroid dienone is 16. The minimum atomic E-state index is -0.812. The molecule has 0 aliphatic rings. The van der Waals surface area contributed by atoms with Crippen molar-refractivity contribution in [3.05, 3.63) is 97.2 Å². The molecule has 1 atom stereocenters. The first kappa shape index (κ1) is 58.3. The topological polar surface area (TPSA) is 78.9 Å². The molecule has 6 heteroatoms. The van der Waals surface area contributed by atoms with E-state index in [1.165, 1.54) is 83.5 Å². The van der Waals surface area contributed by atoms with Crippen LogP contribution in [0.2, 0.25) is 0 Å². The molecule has 0 aromatic carbocycles. The van der Waals surface area contributed by atoms with Crippen LogP contribution in [0, 0.1) is 0 Å². The highest BCUT2D eigenvalue weighted by Crippen LogP contribution is 2.14. The van der Waals surface area contributed by atoms with Gasteiger partial charge in [0.1, 0.15) is 13.2 Å². The van der Waals surface area contributed by atoms with Crippen LogP contribution in [0.25, 0.3) is 0 Å². The molecule has 0 aromatic heterocycles. The maximum atomic E-state index is 12.8. The third-order valence-corrected chi connectivity index (χ3v) is 10.4. The molecule has 0 bridgehead atoms. The summed E-state index contributed by atoms with van der Waals surface area (Å²) < 4.78 is 16.7. The fourth-order valence-corrected chi connectivity index (χ4v) is 6.67. The first-order valence-corrected chi connectivity index (χ1v) is 25.3. The lowest BCUT2D eigenvalue weighted by Crippen LogP contribution is -2.30. The summed E-state index contributed by atoms with van der Waals surface area (Å²) >= 11 is 0. The molecule has 62 heavy (non-hydrogen) atoms. The Hall–Kier alpha value is -3.67. The van der Waals surface area contributed by atoms with E-state index in [0.717, 1.165) is 89.9 Å². The van der Waals surface area contributed by atoms with Gasteiger partial charge in [0.2, 0.25) is 0 Å². The molecular formula is C56H92O6. The number of ether oxygens (including phenoxy) is 3. The smallest absolute Gasteiger partial charge is 0.306 e. The van der Waals surface area contributed by atoms with E-state index >= 15 is 0 Å². The van der Waals surface area contributed by atoms with Gasteiger partial charge in [-0.25, -0.2) is 0 Å². The van der Waals surface area contributed by atoms with Crippen LogP contribution in [-0.4, -0.2) is 37.2 Å². The Labute approximate surface area is 381 Å². The fraction of sp³-hybridized carbons (Fsp3) is 0.661. The lowest BCUT2D eigenvalue weighted by molar-refractivity contribution is -0.166. The average Bonchev–Trinajstić information content (AvgIpc) is 3.27. The van der Waals surface area contributed by atoms with Gasteiger partial charge in [-0.15, -0.1) is 0 Å². The van der Waals surface area contributed by atoms with E-state index < -0.39 is 6.10 Å². The molecule has 0 spiro atoms. The van der Waals surface area contributed by atoms with Crippen molar-refractivity contribution in [3.8, 4) is 0 Å². The number of esters is 3. The van der Waals surface area contributed by atoms with E-state index in [4.69, 9.17) is 14.2 Å². The standard InChI is InChI=1S/C56H92O6/c1-4-7-10-13-16-19-22-25-27-29-31-34-37-40-43-46-49-55(58)61-52-53(51-60-54(57)48-45-42-39-36-33-30-24-21-18-15-12-9-6-3)62-56(59)50-47-44-41-38-35-32-28-26-23-20-17-14-11-8-5-2/h7-8,10-11,14,16-17,19-20,23,25,27,31,34,40,43,53H,4-6,9,12-13,15,18,21-22,24,26,28-30,32-33,35-39,41-42,44-52H2,1-3H3/b10-7-,11-8-,17-14-,19-16-,23-20-,27-25-,34-31-,43-40-. The highest BCUT2D eigenvalue weighted by Gasteiger charge is 2.19. The molecule has 0 saturated carbocycles. The van der Waals surface area contributed by atoms with Crippen LogP contribution in [-0.2, 0) is 28.6 Å². The quantitative estimate of drug-likeness (QED) is 0.0200. The summed E-state index contributed by atoms with van der Waals surface area (Å²) in [4.78, 5) is 37.9. The Morgan fingerprint density at radius 2 is 0.742 bits per heavy atom. The van der Waals surface area contributed by atoms with Gasteiger partial charge in [-0.1, -0.05) is 227 Å². The van der Waals surface area contributed by atoms with E-state index in [-0.39, 0.29) is 37.5 Å². The zero-order valence-corrected chi connectivity index (χ0v) is 40.1. The van der Waals surface area contributed by atoms with Crippen molar-refractivity contribution in [2.24, 2.45) is 0 Å². The molecular weight excluding hydrogens is 769 g/mol. The van der Waals surface area contributed by atoms with Crippen molar-refractivity contribution in [2.45, 2.75) is 226 Å². The number of unbranched alkanes of at least 4 members (excludes halogenated alkanes) is 19. The van der Waals surface area contributed by atoms with Gasteiger partial charge in [-0.2, -0.15) is 0 Å². The van der Waals surface area contributed by atoms with Gasteiger partial charge in [0.05, 0.1) is 0 Å². The summed E-state index contributed by atoms with van der Waals surface area (Å²) in [5, 5.41) is 0. The van der Waals surface area contributed by atoms with Crippen LogP contribution in [0.15, 0.2) is 97.2 Å². The van der Waals surface area contributed by atoms with E-state index in [9.17, 15) is 14.4 Å². The second kappa shape index (κ2) is 50.0. The minimum absolute atomic E-state index is 0.105. The summed E-state index contributed by atoms with van der Waals surface area (Å²) in [5.74, 6) is -1.01. The van der Waals surface area contributed by atoms with Gasteiger partial charge >= 0.3 is 17.9 Å². The van der Waals surface area contributed by atoms with Crippen molar-refractivity contribution in [2.75, 3.05) is 13.2 Å². The van der Waals surface area contributed by atoms with Crippen molar-refractivity contribution in [3.63, 3.8) is 0 Å². The van der Waals surface area contributed by atoms with Gasteiger partial charge < -0.3 is 14.2 Å². The third-order valence-electron chi connectivity index (χ3n) is 10.4. The van der Waals surface area contributed by atoms with E-state index in [0.29, 0.717) is 19.3 Å². The molecule has 0 aromatic rings. The summed E-state index contributed by atoms with van der Waals surface area (Å²) in [5.41, 5.74) is 0. The summed E-state index contributed by atoms with van der Waals surface area (Å²) in [7, 11) is 0. The average molecular weight is 861 g/mol. The maximum absolute atomic E-state index is 12.8. The third kappa shape index (κ3) is 47.4. The van der Waals surface area contributed by atoms with Crippen molar-refractivity contribution < 1.29 is 28.6 Å². The second-order valence-electron chi connectivity index (χ2n) is 16.4. The highest BCUT2D eigenvalue weighted by molar-refractivity contribution is 5.71. The van der Waals surface area contributed by atoms with Crippen molar-refractivity contribution in [1.82, 2.24) is 0 Å². The molecule has 0 rings (SSSR count). The molecule has 352 valence electrons. The predicted molar refractivity (Wildman–Crippen MR) is 265 cm³/mol. The molecule has 0 aliphatic carbocycles. The van der Waals surface area contributed by atoms with E-state index in [2.05, 4.69) is 106 Å². The van der Waals surface area contributed by atoms with Crippen molar-refractivity contribution in [1.29, 1.82) is 0 Å². The molecule has 0 aliphatic heterocycles. The zero-order chi connectivity index (χ0) is 45.1.